The van der Waals surface area contributed by atoms with E-state index in [-0.39, 0.29) is 24.4 Å². The van der Waals surface area contributed by atoms with Gasteiger partial charge in [-0.3, -0.25) is 14.9 Å². The molecule has 0 unspecified atom stereocenters. The highest BCUT2D eigenvalue weighted by atomic mass is 16.4. The Balaban J connectivity index is 2.22. The molecule has 0 spiro atoms. The number of amides is 4. The lowest BCUT2D eigenvalue weighted by Crippen LogP contribution is -2.43. The molecule has 0 saturated carbocycles. The van der Waals surface area contributed by atoms with Crippen LogP contribution in [-0.4, -0.2) is 35.5 Å². The number of nitrogens with one attached hydrogen (secondary N) is 1. The van der Waals surface area contributed by atoms with Crippen molar-refractivity contribution in [2.75, 3.05) is 11.4 Å². The third-order valence-corrected chi connectivity index (χ3v) is 2.82. The molecule has 1 aliphatic rings. The average molecular weight is 277 g/mol. The molecular formula is C12H11N3O5. The van der Waals surface area contributed by atoms with Gasteiger partial charge in [0.05, 0.1) is 12.0 Å². The molecule has 4 N–H and O–H groups in total. The van der Waals surface area contributed by atoms with Crippen LogP contribution in [0.1, 0.15) is 15.9 Å². The first-order valence-corrected chi connectivity index (χ1v) is 5.64. The summed E-state index contributed by atoms with van der Waals surface area (Å²) in [6, 6.07) is 3.20. The van der Waals surface area contributed by atoms with Gasteiger partial charge >= 0.3 is 12.0 Å². The van der Waals surface area contributed by atoms with Crippen LogP contribution in [0.2, 0.25) is 0 Å². The third-order valence-electron chi connectivity index (χ3n) is 2.82. The van der Waals surface area contributed by atoms with Crippen molar-refractivity contribution in [2.45, 2.75) is 6.42 Å². The maximum Gasteiger partial charge on any atom is 0.335 e. The van der Waals surface area contributed by atoms with Gasteiger partial charge in [-0.15, -0.1) is 0 Å². The van der Waals surface area contributed by atoms with Gasteiger partial charge < -0.3 is 15.7 Å². The predicted octanol–water partition coefficient (Wildman–Crippen LogP) is -0.531. The average Bonchev–Trinajstić information content (AvgIpc) is 2.64. The molecule has 1 aromatic carbocycles. The second kappa shape index (κ2) is 5.00. The highest BCUT2D eigenvalue weighted by molar-refractivity contribution is 6.07. The molecule has 0 radical (unpaired) electrons. The number of nitrogens with two attached hydrogens (primary N) is 1. The molecule has 8 nitrogen and oxygen atoms in total. The number of carboxylic acids is 1. The number of carboxylic acid groups (broad SMARTS) is 1. The van der Waals surface area contributed by atoms with Crippen molar-refractivity contribution in [3.8, 4) is 0 Å². The summed E-state index contributed by atoms with van der Waals surface area (Å²) in [7, 11) is 0. The fraction of sp³-hybridized carbons (Fsp3) is 0.167. The maximum atomic E-state index is 11.8. The zero-order valence-electron chi connectivity index (χ0n) is 10.3. The fourth-order valence-electron chi connectivity index (χ4n) is 2.01. The van der Waals surface area contributed by atoms with E-state index in [0.717, 1.165) is 0 Å². The van der Waals surface area contributed by atoms with E-state index in [1.165, 1.54) is 23.1 Å². The Bertz CT molecular complexity index is 626. The van der Waals surface area contributed by atoms with Crippen LogP contribution in [0.25, 0.3) is 0 Å². The Kier molecular flexibility index (Phi) is 3.38. The van der Waals surface area contributed by atoms with Gasteiger partial charge in [-0.2, -0.15) is 0 Å². The number of rotatable bonds is 3. The summed E-state index contributed by atoms with van der Waals surface area (Å²) in [6.45, 7) is -0.346. The van der Waals surface area contributed by atoms with E-state index >= 15 is 0 Å². The number of benzene rings is 1. The summed E-state index contributed by atoms with van der Waals surface area (Å²) >= 11 is 0. The monoisotopic (exact) mass is 277 g/mol. The van der Waals surface area contributed by atoms with Gasteiger partial charge in [0.25, 0.3) is 0 Å². The van der Waals surface area contributed by atoms with Crippen LogP contribution in [0, 0.1) is 0 Å². The van der Waals surface area contributed by atoms with Crippen LogP contribution in [0.15, 0.2) is 18.2 Å². The number of fused-ring (bicyclic) bond motifs is 1. The van der Waals surface area contributed by atoms with Crippen molar-refractivity contribution in [3.05, 3.63) is 29.3 Å². The number of carbonyl (C=O) groups excluding carboxylic acids is 3. The Hall–Kier alpha value is -2.90. The van der Waals surface area contributed by atoms with E-state index in [1.807, 2.05) is 5.32 Å². The molecule has 0 fully saturated rings. The first-order chi connectivity index (χ1) is 9.38. The number of carbonyl (C=O) groups is 4. The zero-order valence-corrected chi connectivity index (χ0v) is 10.3. The molecule has 1 aliphatic heterocycles. The Labute approximate surface area is 113 Å². The molecule has 0 saturated heterocycles. The Morgan fingerprint density at radius 2 is 2.05 bits per heavy atom. The summed E-state index contributed by atoms with van der Waals surface area (Å²) in [5.74, 6) is -2.15. The number of urea groups is 1. The topological polar surface area (TPSA) is 130 Å². The summed E-state index contributed by atoms with van der Waals surface area (Å²) in [6.07, 6.45) is 0.0142. The zero-order chi connectivity index (χ0) is 14.9. The van der Waals surface area contributed by atoms with Crippen LogP contribution in [0.4, 0.5) is 10.5 Å². The third kappa shape index (κ3) is 2.58. The fourth-order valence-corrected chi connectivity index (χ4v) is 2.01. The minimum atomic E-state index is -1.09. The quantitative estimate of drug-likeness (QED) is 0.683. The molecule has 104 valence electrons. The van der Waals surface area contributed by atoms with Crippen LogP contribution >= 0.6 is 0 Å². The van der Waals surface area contributed by atoms with E-state index in [0.29, 0.717) is 11.3 Å². The molecule has 1 aromatic rings. The van der Waals surface area contributed by atoms with E-state index in [4.69, 9.17) is 10.8 Å². The molecule has 0 atom stereocenters. The molecular weight excluding hydrogens is 266 g/mol. The van der Waals surface area contributed by atoms with Gasteiger partial charge in [0.15, 0.2) is 0 Å². The summed E-state index contributed by atoms with van der Waals surface area (Å²) < 4.78 is 0. The van der Waals surface area contributed by atoms with Crippen molar-refractivity contribution in [2.24, 2.45) is 5.73 Å². The first kappa shape index (κ1) is 13.5. The SMILES string of the molecule is NC(=O)NC(=O)CN1C(=O)Cc2cc(C(=O)O)ccc21. The lowest BCUT2D eigenvalue weighted by atomic mass is 10.1. The molecule has 8 heteroatoms. The minimum Gasteiger partial charge on any atom is -0.478 e. The van der Waals surface area contributed by atoms with E-state index in [9.17, 15) is 19.2 Å². The van der Waals surface area contributed by atoms with Crippen molar-refractivity contribution < 1.29 is 24.3 Å². The number of hydrogen-bond donors (Lipinski definition) is 3. The largest absolute Gasteiger partial charge is 0.478 e. The molecule has 0 aromatic heterocycles. The molecule has 20 heavy (non-hydrogen) atoms. The van der Waals surface area contributed by atoms with Gasteiger partial charge in [0, 0.05) is 5.69 Å². The normalized spacial score (nSPS) is 13.0. The molecule has 2 rings (SSSR count). The number of aromatic carboxylic acids is 1. The smallest absolute Gasteiger partial charge is 0.335 e. The first-order valence-electron chi connectivity index (χ1n) is 5.64. The van der Waals surface area contributed by atoms with Gasteiger partial charge in [-0.25, -0.2) is 9.59 Å². The number of primary amides is 1. The maximum absolute atomic E-state index is 11.8. The van der Waals surface area contributed by atoms with E-state index in [1.54, 1.807) is 0 Å². The van der Waals surface area contributed by atoms with E-state index < -0.39 is 17.9 Å². The summed E-state index contributed by atoms with van der Waals surface area (Å²) in [5, 5.41) is 10.7. The molecule has 0 bridgehead atoms. The minimum absolute atomic E-state index is 0.0142. The van der Waals surface area contributed by atoms with Gasteiger partial charge in [-0.1, -0.05) is 0 Å². The highest BCUT2D eigenvalue weighted by Gasteiger charge is 2.29. The summed E-state index contributed by atoms with van der Waals surface area (Å²) in [4.78, 5) is 45.8. The number of nitrogens with zero attached hydrogens (tertiary/aromatic N) is 1. The van der Waals surface area contributed by atoms with Crippen LogP contribution < -0.4 is 16.0 Å². The second-order valence-corrected chi connectivity index (χ2v) is 4.22. The highest BCUT2D eigenvalue weighted by Crippen LogP contribution is 2.29. The predicted molar refractivity (Wildman–Crippen MR) is 67.2 cm³/mol. The lowest BCUT2D eigenvalue weighted by molar-refractivity contribution is -0.122. The van der Waals surface area contributed by atoms with Crippen LogP contribution in [-0.2, 0) is 16.0 Å². The van der Waals surface area contributed by atoms with E-state index in [2.05, 4.69) is 0 Å². The molecule has 4 amide bonds. The number of anilines is 1. The van der Waals surface area contributed by atoms with Crippen molar-refractivity contribution in [1.29, 1.82) is 0 Å². The second-order valence-electron chi connectivity index (χ2n) is 4.22. The van der Waals surface area contributed by atoms with Gasteiger partial charge in [0.2, 0.25) is 11.8 Å². The Morgan fingerprint density at radius 1 is 1.35 bits per heavy atom. The van der Waals surface area contributed by atoms with Gasteiger partial charge in [-0.05, 0) is 23.8 Å². The standard InChI is InChI=1S/C12H11N3O5/c13-12(20)14-9(16)5-15-8-2-1-6(11(18)19)3-7(8)4-10(15)17/h1-3H,4-5H2,(H,18,19)(H3,13,14,16,20). The Morgan fingerprint density at radius 3 is 2.65 bits per heavy atom. The summed E-state index contributed by atoms with van der Waals surface area (Å²) in [5.41, 5.74) is 5.87. The number of imide groups is 1. The van der Waals surface area contributed by atoms with Crippen molar-refractivity contribution >= 4 is 29.5 Å². The van der Waals surface area contributed by atoms with Crippen molar-refractivity contribution in [1.82, 2.24) is 5.32 Å². The molecule has 0 aliphatic carbocycles. The van der Waals surface area contributed by atoms with Crippen LogP contribution in [0.3, 0.4) is 0 Å². The lowest BCUT2D eigenvalue weighted by Gasteiger charge is -2.16. The molecule has 1 heterocycles. The van der Waals surface area contributed by atoms with Crippen LogP contribution in [0.5, 0.6) is 0 Å². The van der Waals surface area contributed by atoms with Crippen molar-refractivity contribution in [3.63, 3.8) is 0 Å². The van der Waals surface area contributed by atoms with Gasteiger partial charge in [0.1, 0.15) is 6.54 Å². The number of hydrogen-bond acceptors (Lipinski definition) is 4.